The van der Waals surface area contributed by atoms with Crippen molar-refractivity contribution in [3.05, 3.63) is 65.2 Å². The van der Waals surface area contributed by atoms with Crippen LogP contribution in [0.15, 0.2) is 53.5 Å². The first kappa shape index (κ1) is 19.4. The summed E-state index contributed by atoms with van der Waals surface area (Å²) in [6.45, 7) is 4.33. The number of nitrogens with two attached hydrogens (primary N) is 1. The highest BCUT2D eigenvalue weighted by atomic mass is 127. The van der Waals surface area contributed by atoms with Crippen molar-refractivity contribution in [2.24, 2.45) is 10.7 Å². The standard InChI is InChI=1S/C18H23N3O.HI/c1-3-14-7-5-9-16(11-14)21-18(19)20-12-17(22)15-8-4-6-13(2)10-15;/h4-11,17,22H,3,12H2,1-2H3,(H3,19,20,21);1H. The first-order valence-electron chi connectivity index (χ1n) is 7.49. The molecule has 2 rings (SSSR count). The van der Waals surface area contributed by atoms with Gasteiger partial charge in [-0.3, -0.25) is 4.99 Å². The molecule has 2 aromatic rings. The van der Waals surface area contributed by atoms with Gasteiger partial charge in [0.25, 0.3) is 0 Å². The summed E-state index contributed by atoms with van der Waals surface area (Å²) in [6, 6.07) is 15.8. The SMILES string of the molecule is CCc1cccc(NC(N)=NCC(O)c2cccc(C)c2)c1.I. The molecule has 0 amide bonds. The first-order valence-corrected chi connectivity index (χ1v) is 7.49. The van der Waals surface area contributed by atoms with E-state index in [4.69, 9.17) is 5.73 Å². The number of hydrogen-bond acceptors (Lipinski definition) is 2. The maximum Gasteiger partial charge on any atom is 0.193 e. The summed E-state index contributed by atoms with van der Waals surface area (Å²) in [5, 5.41) is 13.2. The monoisotopic (exact) mass is 425 g/mol. The van der Waals surface area contributed by atoms with E-state index < -0.39 is 6.10 Å². The summed E-state index contributed by atoms with van der Waals surface area (Å²) < 4.78 is 0. The third-order valence-electron chi connectivity index (χ3n) is 3.47. The summed E-state index contributed by atoms with van der Waals surface area (Å²) in [7, 11) is 0. The molecule has 0 aliphatic rings. The number of aliphatic imine (C=N–C) groups is 1. The fraction of sp³-hybridized carbons (Fsp3) is 0.278. The number of aliphatic hydroxyl groups is 1. The van der Waals surface area contributed by atoms with Gasteiger partial charge < -0.3 is 16.2 Å². The van der Waals surface area contributed by atoms with Gasteiger partial charge in [0.2, 0.25) is 0 Å². The molecule has 1 unspecified atom stereocenters. The smallest absolute Gasteiger partial charge is 0.193 e. The van der Waals surface area contributed by atoms with Gasteiger partial charge in [0.05, 0.1) is 12.6 Å². The van der Waals surface area contributed by atoms with Crippen LogP contribution >= 0.6 is 24.0 Å². The molecule has 124 valence electrons. The molecule has 0 heterocycles. The molecule has 0 aliphatic carbocycles. The average Bonchev–Trinajstić information content (AvgIpc) is 2.52. The zero-order chi connectivity index (χ0) is 15.9. The van der Waals surface area contributed by atoms with Crippen LogP contribution in [0.1, 0.15) is 29.7 Å². The Morgan fingerprint density at radius 2 is 1.96 bits per heavy atom. The van der Waals surface area contributed by atoms with Gasteiger partial charge >= 0.3 is 0 Å². The molecule has 23 heavy (non-hydrogen) atoms. The zero-order valence-electron chi connectivity index (χ0n) is 13.5. The predicted octanol–water partition coefficient (Wildman–Crippen LogP) is 3.64. The minimum Gasteiger partial charge on any atom is -0.386 e. The molecule has 0 spiro atoms. The Hall–Kier alpha value is -1.60. The Morgan fingerprint density at radius 1 is 1.22 bits per heavy atom. The fourth-order valence-electron chi connectivity index (χ4n) is 2.22. The van der Waals surface area contributed by atoms with Gasteiger partial charge in [-0.05, 0) is 36.6 Å². The molecule has 4 nitrogen and oxygen atoms in total. The molecule has 1 atom stereocenters. The summed E-state index contributed by atoms with van der Waals surface area (Å²) in [4.78, 5) is 4.21. The number of hydrogen-bond donors (Lipinski definition) is 3. The van der Waals surface area contributed by atoms with Crippen molar-refractivity contribution in [1.29, 1.82) is 0 Å². The summed E-state index contributed by atoms with van der Waals surface area (Å²) in [6.07, 6.45) is 0.320. The van der Waals surface area contributed by atoms with Crippen molar-refractivity contribution in [2.75, 3.05) is 11.9 Å². The zero-order valence-corrected chi connectivity index (χ0v) is 15.8. The summed E-state index contributed by atoms with van der Waals surface area (Å²) in [5.41, 5.74) is 9.99. The van der Waals surface area contributed by atoms with E-state index in [0.717, 1.165) is 23.2 Å². The van der Waals surface area contributed by atoms with Crippen LogP contribution in [0.2, 0.25) is 0 Å². The lowest BCUT2D eigenvalue weighted by Crippen LogP contribution is -2.23. The predicted molar refractivity (Wildman–Crippen MR) is 107 cm³/mol. The molecule has 4 N–H and O–H groups in total. The van der Waals surface area contributed by atoms with E-state index in [9.17, 15) is 5.11 Å². The third kappa shape index (κ3) is 6.19. The summed E-state index contributed by atoms with van der Waals surface area (Å²) in [5.74, 6) is 0.306. The number of anilines is 1. The van der Waals surface area contributed by atoms with Gasteiger partial charge in [0.1, 0.15) is 0 Å². The maximum absolute atomic E-state index is 10.2. The van der Waals surface area contributed by atoms with Crippen LogP contribution in [0.4, 0.5) is 5.69 Å². The van der Waals surface area contributed by atoms with Crippen molar-refractivity contribution in [3.63, 3.8) is 0 Å². The molecule has 0 saturated heterocycles. The Labute approximate surface area is 154 Å². The van der Waals surface area contributed by atoms with E-state index in [-0.39, 0.29) is 30.5 Å². The van der Waals surface area contributed by atoms with Gasteiger partial charge in [-0.15, -0.1) is 24.0 Å². The molecule has 5 heteroatoms. The highest BCUT2D eigenvalue weighted by molar-refractivity contribution is 14.0. The van der Waals surface area contributed by atoms with Crippen molar-refractivity contribution < 1.29 is 5.11 Å². The maximum atomic E-state index is 10.2. The number of nitrogens with one attached hydrogen (secondary N) is 1. The highest BCUT2D eigenvalue weighted by Gasteiger charge is 2.07. The van der Waals surface area contributed by atoms with Crippen molar-refractivity contribution >= 4 is 35.6 Å². The number of rotatable bonds is 5. The number of aryl methyl sites for hydroxylation is 2. The second-order valence-electron chi connectivity index (χ2n) is 5.33. The number of benzene rings is 2. The van der Waals surface area contributed by atoms with E-state index in [2.05, 4.69) is 23.3 Å². The number of nitrogens with zero attached hydrogens (tertiary/aromatic N) is 1. The van der Waals surface area contributed by atoms with Crippen LogP contribution in [0.5, 0.6) is 0 Å². The number of aliphatic hydroxyl groups excluding tert-OH is 1. The van der Waals surface area contributed by atoms with Crippen molar-refractivity contribution in [3.8, 4) is 0 Å². The Balaban J connectivity index is 0.00000264. The van der Waals surface area contributed by atoms with Crippen LogP contribution in [0.3, 0.4) is 0 Å². The minimum atomic E-state index is -0.651. The third-order valence-corrected chi connectivity index (χ3v) is 3.47. The van der Waals surface area contributed by atoms with Crippen LogP contribution < -0.4 is 11.1 Å². The number of halogens is 1. The molecule has 0 fully saturated rings. The van der Waals surface area contributed by atoms with E-state index in [1.54, 1.807) is 0 Å². The van der Waals surface area contributed by atoms with Crippen LogP contribution in [-0.4, -0.2) is 17.6 Å². The minimum absolute atomic E-state index is 0. The second kappa shape index (κ2) is 9.52. The van der Waals surface area contributed by atoms with E-state index >= 15 is 0 Å². The topological polar surface area (TPSA) is 70.6 Å². The molecule has 0 saturated carbocycles. The lowest BCUT2D eigenvalue weighted by atomic mass is 10.1. The molecule has 0 aromatic heterocycles. The summed E-state index contributed by atoms with van der Waals surface area (Å²) >= 11 is 0. The van der Waals surface area contributed by atoms with Gasteiger partial charge in [-0.2, -0.15) is 0 Å². The molecular formula is C18H24IN3O. The molecule has 0 bridgehead atoms. The Morgan fingerprint density at radius 3 is 2.65 bits per heavy atom. The highest BCUT2D eigenvalue weighted by Crippen LogP contribution is 2.15. The Bertz CT molecular complexity index is 658. The largest absolute Gasteiger partial charge is 0.386 e. The average molecular weight is 425 g/mol. The number of guanidine groups is 1. The fourth-order valence-corrected chi connectivity index (χ4v) is 2.22. The van der Waals surface area contributed by atoms with E-state index in [1.165, 1.54) is 5.56 Å². The van der Waals surface area contributed by atoms with Crippen LogP contribution in [0.25, 0.3) is 0 Å². The van der Waals surface area contributed by atoms with Gasteiger partial charge in [-0.1, -0.05) is 48.9 Å². The van der Waals surface area contributed by atoms with Crippen LogP contribution in [0, 0.1) is 6.92 Å². The quantitative estimate of drug-likeness (QED) is 0.389. The van der Waals surface area contributed by atoms with Gasteiger partial charge in [0, 0.05) is 5.69 Å². The molecule has 0 aliphatic heterocycles. The first-order chi connectivity index (χ1) is 10.6. The lowest BCUT2D eigenvalue weighted by Gasteiger charge is -2.11. The Kier molecular flexibility index (Phi) is 8.05. The normalized spacial score (nSPS) is 12.4. The molecule has 0 radical (unpaired) electrons. The second-order valence-corrected chi connectivity index (χ2v) is 5.33. The molecular weight excluding hydrogens is 401 g/mol. The lowest BCUT2D eigenvalue weighted by molar-refractivity contribution is 0.187. The molecule has 2 aromatic carbocycles. The van der Waals surface area contributed by atoms with Gasteiger partial charge in [0.15, 0.2) is 5.96 Å². The van der Waals surface area contributed by atoms with E-state index in [0.29, 0.717) is 5.96 Å². The van der Waals surface area contributed by atoms with Crippen LogP contribution in [-0.2, 0) is 6.42 Å². The van der Waals surface area contributed by atoms with Crippen molar-refractivity contribution in [2.45, 2.75) is 26.4 Å². The van der Waals surface area contributed by atoms with E-state index in [1.807, 2.05) is 49.4 Å². The van der Waals surface area contributed by atoms with Crippen molar-refractivity contribution in [1.82, 2.24) is 0 Å². The van der Waals surface area contributed by atoms with Gasteiger partial charge in [-0.25, -0.2) is 0 Å².